The number of carbonyl (C=O) groups excluding carboxylic acids is 1. The Morgan fingerprint density at radius 2 is 1.67 bits per heavy atom. The third kappa shape index (κ3) is 4.23. The quantitative estimate of drug-likeness (QED) is 0.851. The maximum atomic E-state index is 12.5. The second-order valence-electron chi connectivity index (χ2n) is 6.05. The molecule has 2 rings (SSSR count). The van der Waals surface area contributed by atoms with E-state index in [1.807, 2.05) is 24.3 Å². The molecule has 0 radical (unpaired) electrons. The summed E-state index contributed by atoms with van der Waals surface area (Å²) in [5, 5.41) is 2.78. The first kappa shape index (κ1) is 18.2. The molecule has 0 saturated heterocycles. The molecule has 0 saturated carbocycles. The SMILES string of the molecule is CCCS(=O)(=O)c1ccccc1C(=O)Nc1ccc(C(C)C)cc1. The minimum absolute atomic E-state index is 0.0282. The topological polar surface area (TPSA) is 63.2 Å². The molecule has 0 bridgehead atoms. The molecule has 128 valence electrons. The molecule has 0 unspecified atom stereocenters. The second kappa shape index (κ2) is 7.62. The van der Waals surface area contributed by atoms with E-state index in [4.69, 9.17) is 0 Å². The zero-order valence-corrected chi connectivity index (χ0v) is 15.1. The van der Waals surface area contributed by atoms with Gasteiger partial charge in [-0.3, -0.25) is 4.79 Å². The van der Waals surface area contributed by atoms with E-state index in [9.17, 15) is 13.2 Å². The molecule has 4 nitrogen and oxygen atoms in total. The van der Waals surface area contributed by atoms with Crippen molar-refractivity contribution in [3.63, 3.8) is 0 Å². The lowest BCUT2D eigenvalue weighted by atomic mass is 10.0. The van der Waals surface area contributed by atoms with Gasteiger partial charge in [0.05, 0.1) is 16.2 Å². The summed E-state index contributed by atoms with van der Waals surface area (Å²) in [7, 11) is -3.46. The molecule has 24 heavy (non-hydrogen) atoms. The molecule has 2 aromatic rings. The highest BCUT2D eigenvalue weighted by Gasteiger charge is 2.21. The van der Waals surface area contributed by atoms with Gasteiger partial charge in [-0.25, -0.2) is 8.42 Å². The zero-order chi connectivity index (χ0) is 17.7. The number of anilines is 1. The Hall–Kier alpha value is -2.14. The molecule has 1 N–H and O–H groups in total. The maximum absolute atomic E-state index is 12.5. The molecule has 0 aliphatic rings. The summed E-state index contributed by atoms with van der Waals surface area (Å²) in [5.41, 5.74) is 2.00. The second-order valence-corrected chi connectivity index (χ2v) is 8.12. The Kier molecular flexibility index (Phi) is 5.78. The van der Waals surface area contributed by atoms with Gasteiger partial charge in [0.1, 0.15) is 0 Å². The Morgan fingerprint density at radius 3 is 2.25 bits per heavy atom. The van der Waals surface area contributed by atoms with Crippen molar-refractivity contribution in [1.82, 2.24) is 0 Å². The molecule has 0 spiro atoms. The summed E-state index contributed by atoms with van der Waals surface area (Å²) >= 11 is 0. The largest absolute Gasteiger partial charge is 0.322 e. The van der Waals surface area contributed by atoms with Crippen molar-refractivity contribution >= 4 is 21.4 Å². The summed E-state index contributed by atoms with van der Waals surface area (Å²) in [6, 6.07) is 13.9. The maximum Gasteiger partial charge on any atom is 0.256 e. The number of amides is 1. The van der Waals surface area contributed by atoms with Crippen molar-refractivity contribution in [2.24, 2.45) is 0 Å². The molecule has 0 aliphatic heterocycles. The Balaban J connectivity index is 2.27. The van der Waals surface area contributed by atoms with Gasteiger partial charge in [-0.15, -0.1) is 0 Å². The number of rotatable bonds is 6. The van der Waals surface area contributed by atoms with Gasteiger partial charge in [-0.05, 0) is 42.2 Å². The van der Waals surface area contributed by atoms with E-state index in [0.717, 1.165) is 0 Å². The molecular formula is C19H23NO3S. The van der Waals surface area contributed by atoms with E-state index in [-0.39, 0.29) is 16.2 Å². The Morgan fingerprint density at radius 1 is 1.04 bits per heavy atom. The van der Waals surface area contributed by atoms with E-state index < -0.39 is 15.7 Å². The first-order valence-electron chi connectivity index (χ1n) is 8.08. The van der Waals surface area contributed by atoms with Crippen LogP contribution in [0, 0.1) is 0 Å². The fraction of sp³-hybridized carbons (Fsp3) is 0.316. The lowest BCUT2D eigenvalue weighted by molar-refractivity contribution is 0.102. The minimum atomic E-state index is -3.46. The van der Waals surface area contributed by atoms with Crippen LogP contribution in [-0.2, 0) is 9.84 Å². The Bertz CT molecular complexity index is 809. The Labute approximate surface area is 143 Å². The van der Waals surface area contributed by atoms with Crippen molar-refractivity contribution in [3.05, 3.63) is 59.7 Å². The van der Waals surface area contributed by atoms with Crippen LogP contribution in [0.4, 0.5) is 5.69 Å². The summed E-state index contributed by atoms with van der Waals surface area (Å²) in [6.45, 7) is 6.00. The van der Waals surface area contributed by atoms with Gasteiger partial charge in [0.15, 0.2) is 9.84 Å². The smallest absolute Gasteiger partial charge is 0.256 e. The average Bonchev–Trinajstić information content (AvgIpc) is 2.55. The molecular weight excluding hydrogens is 322 g/mol. The van der Waals surface area contributed by atoms with Crippen molar-refractivity contribution in [2.45, 2.75) is 38.0 Å². The van der Waals surface area contributed by atoms with Crippen molar-refractivity contribution in [3.8, 4) is 0 Å². The predicted octanol–water partition coefficient (Wildman–Crippen LogP) is 4.25. The first-order chi connectivity index (χ1) is 11.3. The van der Waals surface area contributed by atoms with Crippen molar-refractivity contribution in [2.75, 3.05) is 11.1 Å². The number of nitrogens with one attached hydrogen (secondary N) is 1. The van der Waals surface area contributed by atoms with Crippen LogP contribution in [0.25, 0.3) is 0 Å². The van der Waals surface area contributed by atoms with Crippen LogP contribution in [0.5, 0.6) is 0 Å². The van der Waals surface area contributed by atoms with Gasteiger partial charge >= 0.3 is 0 Å². The number of hydrogen-bond acceptors (Lipinski definition) is 3. The number of hydrogen-bond donors (Lipinski definition) is 1. The van der Waals surface area contributed by atoms with Crippen molar-refractivity contribution < 1.29 is 13.2 Å². The van der Waals surface area contributed by atoms with Crippen molar-refractivity contribution in [1.29, 1.82) is 0 Å². The number of carbonyl (C=O) groups is 1. The third-order valence-electron chi connectivity index (χ3n) is 3.77. The molecule has 0 aliphatic carbocycles. The number of sulfone groups is 1. The summed E-state index contributed by atoms with van der Waals surface area (Å²) in [6.07, 6.45) is 0.509. The van der Waals surface area contributed by atoms with Crippen LogP contribution in [0.15, 0.2) is 53.4 Å². The summed E-state index contributed by atoms with van der Waals surface area (Å²) in [4.78, 5) is 12.6. The fourth-order valence-electron chi connectivity index (χ4n) is 2.45. The fourth-order valence-corrected chi connectivity index (χ4v) is 3.99. The zero-order valence-electron chi connectivity index (χ0n) is 14.2. The lowest BCUT2D eigenvalue weighted by Gasteiger charge is -2.11. The first-order valence-corrected chi connectivity index (χ1v) is 9.73. The molecule has 0 atom stereocenters. The molecule has 0 fully saturated rings. The van der Waals surface area contributed by atoms with Crippen LogP contribution >= 0.6 is 0 Å². The van der Waals surface area contributed by atoms with Gasteiger partial charge in [-0.2, -0.15) is 0 Å². The molecule has 0 heterocycles. The van der Waals surface area contributed by atoms with E-state index in [1.165, 1.54) is 11.6 Å². The van der Waals surface area contributed by atoms with Crippen LogP contribution in [0.1, 0.15) is 49.0 Å². The van der Waals surface area contributed by atoms with Crippen LogP contribution in [0.2, 0.25) is 0 Å². The number of benzene rings is 2. The molecule has 5 heteroatoms. The molecule has 1 amide bonds. The van der Waals surface area contributed by atoms with Gasteiger partial charge in [0.2, 0.25) is 0 Å². The van der Waals surface area contributed by atoms with Gasteiger partial charge in [0.25, 0.3) is 5.91 Å². The highest BCUT2D eigenvalue weighted by Crippen LogP contribution is 2.21. The van der Waals surface area contributed by atoms with Crippen LogP contribution < -0.4 is 5.32 Å². The van der Waals surface area contributed by atoms with Crippen LogP contribution in [0.3, 0.4) is 0 Å². The standard InChI is InChI=1S/C19H23NO3S/c1-4-13-24(22,23)18-8-6-5-7-17(18)19(21)20-16-11-9-15(10-12-16)14(2)3/h5-12,14H,4,13H2,1-3H3,(H,20,21). The highest BCUT2D eigenvalue weighted by molar-refractivity contribution is 7.91. The van der Waals surface area contributed by atoms with E-state index in [0.29, 0.717) is 18.0 Å². The van der Waals surface area contributed by atoms with Gasteiger partial charge < -0.3 is 5.32 Å². The normalized spacial score (nSPS) is 11.5. The van der Waals surface area contributed by atoms with E-state index in [2.05, 4.69) is 19.2 Å². The molecule has 2 aromatic carbocycles. The summed E-state index contributed by atoms with van der Waals surface area (Å²) in [5.74, 6) is 0.0256. The summed E-state index contributed by atoms with van der Waals surface area (Å²) < 4.78 is 24.7. The highest BCUT2D eigenvalue weighted by atomic mass is 32.2. The van der Waals surface area contributed by atoms with E-state index in [1.54, 1.807) is 25.1 Å². The predicted molar refractivity (Wildman–Crippen MR) is 97.3 cm³/mol. The average molecular weight is 345 g/mol. The lowest BCUT2D eigenvalue weighted by Crippen LogP contribution is -2.17. The minimum Gasteiger partial charge on any atom is -0.322 e. The van der Waals surface area contributed by atoms with Gasteiger partial charge in [0, 0.05) is 5.69 Å². The van der Waals surface area contributed by atoms with Crippen LogP contribution in [-0.4, -0.2) is 20.1 Å². The third-order valence-corrected chi connectivity index (χ3v) is 5.75. The van der Waals surface area contributed by atoms with E-state index >= 15 is 0 Å². The van der Waals surface area contributed by atoms with Gasteiger partial charge in [-0.1, -0.05) is 45.0 Å². The molecule has 0 aromatic heterocycles. The monoisotopic (exact) mass is 345 g/mol.